The molecule has 43 valence electrons. The van der Waals surface area contributed by atoms with Gasteiger partial charge in [-0.15, -0.1) is 0 Å². The van der Waals surface area contributed by atoms with Gasteiger partial charge in [-0.1, -0.05) is 0 Å². The molecule has 5 radical (unpaired) electrons. The molecular weight excluding hydrogens is 132 g/mol. The highest BCUT2D eigenvalue weighted by molar-refractivity contribution is 6.90. The second kappa shape index (κ2) is 3.43. The summed E-state index contributed by atoms with van der Waals surface area (Å²) in [4.78, 5) is 0. The normalized spacial score (nSPS) is 30.4. The number of rotatable bonds is 1. The Hall–Kier alpha value is 0.394. The van der Waals surface area contributed by atoms with E-state index in [1.54, 1.807) is 0 Å². The molecule has 1 atom stereocenters. The van der Waals surface area contributed by atoms with E-state index < -0.39 is 0 Å². The van der Waals surface area contributed by atoms with Crippen LogP contribution in [0.3, 0.4) is 0 Å². The van der Waals surface area contributed by atoms with Crippen LogP contribution in [-0.2, 0) is 4.74 Å². The first-order chi connectivity index (χ1) is 3.93. The van der Waals surface area contributed by atoms with E-state index >= 15 is 0 Å². The molecule has 1 aliphatic rings. The minimum Gasteiger partial charge on any atom is -0.383 e. The van der Waals surface area contributed by atoms with Crippen molar-refractivity contribution in [2.75, 3.05) is 6.61 Å². The third-order valence-corrected chi connectivity index (χ3v) is 3.08. The molecule has 0 bridgehead atoms. The predicted octanol–water partition coefficient (Wildman–Crippen LogP) is 0.301. The van der Waals surface area contributed by atoms with Crippen molar-refractivity contribution in [2.24, 2.45) is 0 Å². The molecule has 1 rings (SSSR count). The Morgan fingerprint density at radius 1 is 1.50 bits per heavy atom. The third-order valence-electron chi connectivity index (χ3n) is 1.34. The van der Waals surface area contributed by atoms with Crippen LogP contribution in [0.15, 0.2) is 0 Å². The molecule has 1 saturated heterocycles. The van der Waals surface area contributed by atoms with Gasteiger partial charge >= 0.3 is 0 Å². The maximum absolute atomic E-state index is 5.39. The molecule has 0 aromatic rings. The molecule has 1 unspecified atom stereocenters. The molecule has 0 aliphatic carbocycles. The molecule has 0 aromatic heterocycles. The molecule has 8 heavy (non-hydrogen) atoms. The van der Waals surface area contributed by atoms with Crippen molar-refractivity contribution in [3.63, 3.8) is 0 Å². The molecule has 0 aromatic carbocycles. The summed E-state index contributed by atoms with van der Waals surface area (Å²) in [6.45, 7) is 0.974. The summed E-state index contributed by atoms with van der Waals surface area (Å²) in [5, 5.41) is 0. The van der Waals surface area contributed by atoms with E-state index in [-0.39, 0.29) is 0 Å². The average molecular weight is 141 g/mol. The smallest absolute Gasteiger partial charge is 0.0581 e. The minimum atomic E-state index is 0.528. The van der Waals surface area contributed by atoms with Crippen LogP contribution < -0.4 is 0 Å². The zero-order chi connectivity index (χ0) is 5.82. The second-order valence-corrected chi connectivity index (χ2v) is 3.80. The minimum absolute atomic E-state index is 0.528. The third kappa shape index (κ3) is 1.72. The summed E-state index contributed by atoms with van der Waals surface area (Å²) in [5.41, 5.74) is 0.528. The second-order valence-electron chi connectivity index (χ2n) is 2.00. The molecule has 0 amide bonds. The van der Waals surface area contributed by atoms with Crippen LogP contribution in [0, 0.1) is 0 Å². The van der Waals surface area contributed by atoms with Gasteiger partial charge in [0, 0.05) is 22.1 Å². The van der Waals surface area contributed by atoms with Crippen LogP contribution >= 0.6 is 0 Å². The first-order valence-corrected chi connectivity index (χ1v) is 5.55. The molecule has 1 aliphatic heterocycles. The van der Waals surface area contributed by atoms with Crippen LogP contribution in [0.25, 0.3) is 0 Å². The van der Waals surface area contributed by atoms with Crippen molar-refractivity contribution in [2.45, 2.75) is 25.0 Å². The summed E-state index contributed by atoms with van der Waals surface area (Å²) in [6, 6.07) is 0. The molecule has 1 heterocycles. The van der Waals surface area contributed by atoms with Gasteiger partial charge in [0.15, 0.2) is 0 Å². The fraction of sp³-hybridized carbons (Fsp3) is 1.00. The molecule has 1 fully saturated rings. The zero-order valence-corrected chi connectivity index (χ0v) is 6.81. The molecule has 1 nitrogen and oxygen atoms in total. The summed E-state index contributed by atoms with van der Waals surface area (Å²) in [6.07, 6.45) is 3.86. The van der Waals surface area contributed by atoms with Crippen molar-refractivity contribution < 1.29 is 4.74 Å². The lowest BCUT2D eigenvalue weighted by molar-refractivity contribution is 0.0666. The first kappa shape index (κ1) is 6.51. The van der Waals surface area contributed by atoms with Crippen molar-refractivity contribution in [1.29, 1.82) is 0 Å². The highest BCUT2D eigenvalue weighted by Crippen LogP contribution is 2.09. The van der Waals surface area contributed by atoms with Crippen molar-refractivity contribution >= 4 is 18.8 Å². The quantitative estimate of drug-likeness (QED) is 0.477. The van der Waals surface area contributed by atoms with E-state index in [1.807, 2.05) is 0 Å². The molecule has 0 spiro atoms. The van der Waals surface area contributed by atoms with E-state index in [0.717, 1.165) is 15.6 Å². The summed E-state index contributed by atoms with van der Waals surface area (Å²) >= 11 is 0. The first-order valence-electron chi connectivity index (χ1n) is 2.97. The zero-order valence-electron chi connectivity index (χ0n) is 4.81. The Morgan fingerprint density at radius 3 is 2.75 bits per heavy atom. The number of ether oxygens (including phenoxy) is 1. The van der Waals surface area contributed by atoms with Gasteiger partial charge in [-0.25, -0.2) is 0 Å². The van der Waals surface area contributed by atoms with Gasteiger partial charge in [-0.3, -0.25) is 0 Å². The van der Waals surface area contributed by atoms with E-state index in [2.05, 4.69) is 9.76 Å². The largest absolute Gasteiger partial charge is 0.383 e. The standard InChI is InChI=1S/C5H9OSi2/c7-8-5-3-1-2-4-6-5/h5H,1-4H2. The van der Waals surface area contributed by atoms with Crippen LogP contribution in [0.4, 0.5) is 0 Å². The SMILES string of the molecule is [Si][Si]C1CCCCO1. The highest BCUT2D eigenvalue weighted by atomic mass is 29.1. The summed E-state index contributed by atoms with van der Waals surface area (Å²) in [7, 11) is 4.25. The Kier molecular flexibility index (Phi) is 2.79. The van der Waals surface area contributed by atoms with Gasteiger partial charge < -0.3 is 4.74 Å². The average Bonchev–Trinajstić information content (AvgIpc) is 1.90. The monoisotopic (exact) mass is 141 g/mol. The Labute approximate surface area is 55.8 Å². The lowest BCUT2D eigenvalue weighted by atomic mass is 10.2. The van der Waals surface area contributed by atoms with Gasteiger partial charge in [-0.05, 0) is 19.3 Å². The maximum Gasteiger partial charge on any atom is 0.0581 e. The van der Waals surface area contributed by atoms with Crippen LogP contribution in [0.5, 0.6) is 0 Å². The fourth-order valence-electron chi connectivity index (χ4n) is 0.855. The molecule has 0 saturated carbocycles. The Bertz CT molecular complexity index is 61.4. The maximum atomic E-state index is 5.39. The number of hydrogen-bond donors (Lipinski definition) is 0. The van der Waals surface area contributed by atoms with Crippen LogP contribution in [-0.4, -0.2) is 31.1 Å². The van der Waals surface area contributed by atoms with Gasteiger partial charge in [0.1, 0.15) is 0 Å². The van der Waals surface area contributed by atoms with E-state index in [1.165, 1.54) is 19.3 Å². The number of hydrogen-bond acceptors (Lipinski definition) is 1. The van der Waals surface area contributed by atoms with Crippen molar-refractivity contribution in [3.8, 4) is 0 Å². The van der Waals surface area contributed by atoms with Crippen molar-refractivity contribution in [3.05, 3.63) is 0 Å². The van der Waals surface area contributed by atoms with Gasteiger partial charge in [-0.2, -0.15) is 0 Å². The van der Waals surface area contributed by atoms with Gasteiger partial charge in [0.25, 0.3) is 0 Å². The van der Waals surface area contributed by atoms with Gasteiger partial charge in [0.2, 0.25) is 0 Å². The summed E-state index contributed by atoms with van der Waals surface area (Å²) in [5.74, 6) is 0. The molecule has 3 heteroatoms. The molecular formula is C5H9OSi2. The van der Waals surface area contributed by atoms with E-state index in [9.17, 15) is 0 Å². The Balaban J connectivity index is 2.13. The predicted molar refractivity (Wildman–Crippen MR) is 35.1 cm³/mol. The van der Waals surface area contributed by atoms with Gasteiger partial charge in [0.05, 0.1) is 9.04 Å². The fourth-order valence-corrected chi connectivity index (χ4v) is 2.09. The topological polar surface area (TPSA) is 9.23 Å². The lowest BCUT2D eigenvalue weighted by Crippen LogP contribution is -2.25. The summed E-state index contributed by atoms with van der Waals surface area (Å²) < 4.78 is 5.39. The molecule has 0 N–H and O–H groups in total. The lowest BCUT2D eigenvalue weighted by Gasteiger charge is -2.20. The Morgan fingerprint density at radius 2 is 2.38 bits per heavy atom. The van der Waals surface area contributed by atoms with E-state index in [4.69, 9.17) is 4.74 Å². The van der Waals surface area contributed by atoms with Crippen LogP contribution in [0.2, 0.25) is 0 Å². The highest BCUT2D eigenvalue weighted by Gasteiger charge is 2.10. The van der Waals surface area contributed by atoms with Crippen molar-refractivity contribution in [1.82, 2.24) is 0 Å². The van der Waals surface area contributed by atoms with E-state index in [0.29, 0.717) is 5.73 Å². The van der Waals surface area contributed by atoms with Crippen LogP contribution in [0.1, 0.15) is 19.3 Å².